The minimum absolute atomic E-state index is 0.119. The molecule has 0 aromatic carbocycles. The Balaban J connectivity index is -0.000000688. The molecule has 0 radical (unpaired) electrons. The lowest BCUT2D eigenvalue weighted by Gasteiger charge is -2.37. The van der Waals surface area contributed by atoms with E-state index < -0.39 is 0 Å². The van der Waals surface area contributed by atoms with Crippen LogP contribution in [0.4, 0.5) is 0 Å². The Morgan fingerprint density at radius 1 is 0.881 bits per heavy atom. The van der Waals surface area contributed by atoms with Crippen LogP contribution in [-0.2, 0) is 19.1 Å². The van der Waals surface area contributed by atoms with Gasteiger partial charge in [-0.05, 0) is 59.8 Å². The highest BCUT2D eigenvalue weighted by atomic mass is 16.5. The third-order valence-electron chi connectivity index (χ3n) is 6.80. The van der Waals surface area contributed by atoms with E-state index in [0.29, 0.717) is 45.1 Å². The fourth-order valence-corrected chi connectivity index (χ4v) is 4.07. The molecule has 0 rings (SSSR count). The first-order chi connectivity index (χ1) is 19.4. The Bertz CT molecular complexity index is 688. The average molecular weight is 602 g/mol. The summed E-state index contributed by atoms with van der Waals surface area (Å²) in [7, 11) is 6.70. The van der Waals surface area contributed by atoms with Gasteiger partial charge in [-0.2, -0.15) is 0 Å². The number of nitrogens with zero attached hydrogens (tertiary/aromatic N) is 3. The van der Waals surface area contributed by atoms with Crippen LogP contribution in [0.1, 0.15) is 121 Å². The van der Waals surface area contributed by atoms with Crippen molar-refractivity contribution in [3.05, 3.63) is 0 Å². The quantitative estimate of drug-likeness (QED) is 0.130. The lowest BCUT2D eigenvalue weighted by molar-refractivity contribution is -0.870. The van der Waals surface area contributed by atoms with Gasteiger partial charge in [0.2, 0.25) is 18.2 Å². The standard InChI is InChI=1S/C19H38N2O3.C8H17NO.C7H18N/c1-8-11-12-17(23)20(9-2)13-18(4,5)14-24-15-19(6,7)21(10-3)16-22;1-4-9-8(10)6-5-7(2)3;1-5-6-7-8(2,3)4/h16H,8-15H2,1-7H3;7H,4-6H2,1-3H3,(H,9,10);5-7H2,1-4H3/q;;+1. The Hall–Kier alpha value is -1.67. The highest BCUT2D eigenvalue weighted by molar-refractivity contribution is 5.76. The number of quaternary nitrogens is 1. The molecule has 42 heavy (non-hydrogen) atoms. The van der Waals surface area contributed by atoms with E-state index in [-0.39, 0.29) is 22.8 Å². The lowest BCUT2D eigenvalue weighted by Crippen LogP contribution is -2.47. The number of ether oxygens (including phenoxy) is 1. The van der Waals surface area contributed by atoms with Gasteiger partial charge in [-0.3, -0.25) is 14.4 Å². The van der Waals surface area contributed by atoms with Crippen molar-refractivity contribution in [3.8, 4) is 0 Å². The van der Waals surface area contributed by atoms with E-state index in [9.17, 15) is 14.4 Å². The normalized spacial score (nSPS) is 11.6. The van der Waals surface area contributed by atoms with Crippen molar-refractivity contribution in [1.29, 1.82) is 0 Å². The SMILES string of the molecule is CCCCC(=O)N(CC)CC(C)(C)COCC(C)(C)N(C=O)CC.CCCC[N+](C)(C)C.CCNC(=O)CCC(C)C. The molecule has 8 nitrogen and oxygen atoms in total. The highest BCUT2D eigenvalue weighted by Gasteiger charge is 2.28. The molecular formula is C34H73N4O4+. The summed E-state index contributed by atoms with van der Waals surface area (Å²) in [6.07, 6.45) is 7.81. The minimum atomic E-state index is -0.325. The average Bonchev–Trinajstić information content (AvgIpc) is 2.88. The van der Waals surface area contributed by atoms with E-state index >= 15 is 0 Å². The maximum Gasteiger partial charge on any atom is 0.222 e. The summed E-state index contributed by atoms with van der Waals surface area (Å²) in [5, 5.41) is 2.76. The Labute approximate surface area is 261 Å². The largest absolute Gasteiger partial charge is 0.378 e. The zero-order chi connectivity index (χ0) is 33.4. The van der Waals surface area contributed by atoms with Crippen LogP contribution in [-0.4, -0.2) is 105 Å². The summed E-state index contributed by atoms with van der Waals surface area (Å²) in [6.45, 7) is 27.9. The molecule has 0 aliphatic carbocycles. The fourth-order valence-electron chi connectivity index (χ4n) is 4.07. The van der Waals surface area contributed by atoms with Gasteiger partial charge in [-0.1, -0.05) is 54.4 Å². The van der Waals surface area contributed by atoms with Gasteiger partial charge in [0.1, 0.15) is 0 Å². The summed E-state index contributed by atoms with van der Waals surface area (Å²) in [6, 6.07) is 0. The molecule has 0 fully saturated rings. The van der Waals surface area contributed by atoms with Crippen molar-refractivity contribution in [2.75, 3.05) is 67.1 Å². The number of hydrogen-bond donors (Lipinski definition) is 1. The second-order valence-electron chi connectivity index (χ2n) is 14.1. The third-order valence-corrected chi connectivity index (χ3v) is 6.80. The molecule has 0 unspecified atom stereocenters. The molecule has 0 bridgehead atoms. The first-order valence-electron chi connectivity index (χ1n) is 16.5. The van der Waals surface area contributed by atoms with Crippen LogP contribution >= 0.6 is 0 Å². The number of carbonyl (C=O) groups excluding carboxylic acids is 3. The maximum atomic E-state index is 12.3. The van der Waals surface area contributed by atoms with Crippen molar-refractivity contribution < 1.29 is 23.6 Å². The van der Waals surface area contributed by atoms with Crippen LogP contribution in [0.25, 0.3) is 0 Å². The fraction of sp³-hybridized carbons (Fsp3) is 0.912. The van der Waals surface area contributed by atoms with Crippen LogP contribution in [0.15, 0.2) is 0 Å². The molecular weight excluding hydrogens is 528 g/mol. The van der Waals surface area contributed by atoms with Crippen molar-refractivity contribution in [1.82, 2.24) is 15.1 Å². The molecule has 0 saturated heterocycles. The molecule has 0 heterocycles. The topological polar surface area (TPSA) is 79.0 Å². The predicted molar refractivity (Wildman–Crippen MR) is 179 cm³/mol. The first kappa shape index (κ1) is 44.8. The van der Waals surface area contributed by atoms with Gasteiger partial charge in [-0.25, -0.2) is 0 Å². The van der Waals surface area contributed by atoms with E-state index in [1.54, 1.807) is 4.90 Å². The molecule has 0 atom stereocenters. The van der Waals surface area contributed by atoms with Crippen LogP contribution < -0.4 is 5.32 Å². The number of amides is 3. The molecule has 0 saturated carbocycles. The van der Waals surface area contributed by atoms with Crippen molar-refractivity contribution in [2.24, 2.45) is 11.3 Å². The molecule has 8 heteroatoms. The molecule has 252 valence electrons. The summed E-state index contributed by atoms with van der Waals surface area (Å²) >= 11 is 0. The predicted octanol–water partition coefficient (Wildman–Crippen LogP) is 6.38. The Morgan fingerprint density at radius 3 is 1.83 bits per heavy atom. The van der Waals surface area contributed by atoms with Crippen molar-refractivity contribution >= 4 is 18.2 Å². The van der Waals surface area contributed by atoms with Gasteiger partial charge in [0.25, 0.3) is 0 Å². The summed E-state index contributed by atoms with van der Waals surface area (Å²) in [4.78, 5) is 37.9. The molecule has 1 N–H and O–H groups in total. The number of rotatable bonds is 20. The number of unbranched alkanes of at least 4 members (excludes halogenated alkanes) is 2. The molecule has 0 spiro atoms. The molecule has 0 aromatic rings. The minimum Gasteiger partial charge on any atom is -0.378 e. The van der Waals surface area contributed by atoms with E-state index in [0.717, 1.165) is 43.2 Å². The molecule has 3 amide bonds. The van der Waals surface area contributed by atoms with E-state index in [1.165, 1.54) is 19.4 Å². The Morgan fingerprint density at radius 2 is 1.45 bits per heavy atom. The van der Waals surface area contributed by atoms with Crippen LogP contribution in [0.3, 0.4) is 0 Å². The van der Waals surface area contributed by atoms with Gasteiger partial charge in [0.15, 0.2) is 0 Å². The smallest absolute Gasteiger partial charge is 0.222 e. The zero-order valence-electron chi connectivity index (χ0n) is 30.5. The summed E-state index contributed by atoms with van der Waals surface area (Å²) in [5.41, 5.74) is -0.444. The second kappa shape index (κ2) is 24.7. The highest BCUT2D eigenvalue weighted by Crippen LogP contribution is 2.21. The number of likely N-dealkylation sites (N-methyl/N-ethyl adjacent to an activating group) is 1. The van der Waals surface area contributed by atoms with Crippen molar-refractivity contribution in [2.45, 2.75) is 127 Å². The molecule has 0 aromatic heterocycles. The van der Waals surface area contributed by atoms with Gasteiger partial charge in [-0.15, -0.1) is 0 Å². The molecule has 0 aliphatic rings. The number of carbonyl (C=O) groups is 3. The van der Waals surface area contributed by atoms with E-state index in [4.69, 9.17) is 4.74 Å². The summed E-state index contributed by atoms with van der Waals surface area (Å²) < 4.78 is 7.02. The van der Waals surface area contributed by atoms with Gasteiger partial charge < -0.3 is 24.3 Å². The lowest BCUT2D eigenvalue weighted by atomic mass is 9.93. The van der Waals surface area contributed by atoms with Gasteiger partial charge in [0.05, 0.1) is 46.4 Å². The van der Waals surface area contributed by atoms with Gasteiger partial charge >= 0.3 is 0 Å². The third kappa shape index (κ3) is 27.2. The van der Waals surface area contributed by atoms with E-state index in [1.807, 2.05) is 39.5 Å². The van der Waals surface area contributed by atoms with Crippen molar-refractivity contribution in [3.63, 3.8) is 0 Å². The second-order valence-corrected chi connectivity index (χ2v) is 14.1. The summed E-state index contributed by atoms with van der Waals surface area (Å²) in [5.74, 6) is 1.03. The van der Waals surface area contributed by atoms with Crippen LogP contribution in [0.5, 0.6) is 0 Å². The zero-order valence-corrected chi connectivity index (χ0v) is 30.5. The monoisotopic (exact) mass is 602 g/mol. The van der Waals surface area contributed by atoms with Gasteiger partial charge in [0, 0.05) is 44.4 Å². The molecule has 0 aliphatic heterocycles. The van der Waals surface area contributed by atoms with E-state index in [2.05, 4.69) is 68.0 Å². The number of nitrogens with one attached hydrogen (secondary N) is 1. The Kier molecular flexibility index (Phi) is 26.4. The first-order valence-corrected chi connectivity index (χ1v) is 16.5. The number of hydrogen-bond acceptors (Lipinski definition) is 4. The maximum absolute atomic E-state index is 12.3. The van der Waals surface area contributed by atoms with Crippen LogP contribution in [0, 0.1) is 11.3 Å². The van der Waals surface area contributed by atoms with Crippen LogP contribution in [0.2, 0.25) is 0 Å².